The van der Waals surface area contributed by atoms with Crippen molar-refractivity contribution in [2.75, 3.05) is 30.8 Å². The standard InChI is InChI=1S/C13H19N3O/c1-9(2)16(3)13(17)10-4-5-11-12(8-10)15-7-6-14-11/h4-5,8-9,14-15H,6-7H2,1-3H3. The number of nitrogens with zero attached hydrogens (tertiary/aromatic N) is 1. The zero-order chi connectivity index (χ0) is 12.4. The third kappa shape index (κ3) is 2.35. The SMILES string of the molecule is CC(C)N(C)C(=O)c1ccc2c(c1)NCCN2. The third-order valence-electron chi connectivity index (χ3n) is 3.12. The number of carbonyl (C=O) groups excluding carboxylic acids is 1. The summed E-state index contributed by atoms with van der Waals surface area (Å²) in [5.41, 5.74) is 2.82. The van der Waals surface area contributed by atoms with Crippen molar-refractivity contribution in [2.24, 2.45) is 0 Å². The van der Waals surface area contributed by atoms with E-state index in [1.807, 2.05) is 39.1 Å². The van der Waals surface area contributed by atoms with Gasteiger partial charge in [-0.15, -0.1) is 0 Å². The highest BCUT2D eigenvalue weighted by Gasteiger charge is 2.16. The Morgan fingerprint density at radius 3 is 2.53 bits per heavy atom. The lowest BCUT2D eigenvalue weighted by Gasteiger charge is -2.24. The zero-order valence-electron chi connectivity index (χ0n) is 10.6. The molecule has 0 aliphatic carbocycles. The van der Waals surface area contributed by atoms with E-state index in [1.165, 1.54) is 0 Å². The minimum atomic E-state index is 0.0650. The molecule has 4 heteroatoms. The van der Waals surface area contributed by atoms with Crippen LogP contribution in [0.1, 0.15) is 24.2 Å². The Hall–Kier alpha value is -1.71. The molecule has 1 aromatic carbocycles. The number of hydrogen-bond donors (Lipinski definition) is 2. The van der Waals surface area contributed by atoms with Gasteiger partial charge in [0.15, 0.2) is 0 Å². The van der Waals surface area contributed by atoms with Crippen LogP contribution in [-0.4, -0.2) is 37.0 Å². The van der Waals surface area contributed by atoms with Gasteiger partial charge >= 0.3 is 0 Å². The first-order valence-corrected chi connectivity index (χ1v) is 5.98. The van der Waals surface area contributed by atoms with Crippen molar-refractivity contribution in [3.63, 3.8) is 0 Å². The molecule has 4 nitrogen and oxygen atoms in total. The summed E-state index contributed by atoms with van der Waals surface area (Å²) >= 11 is 0. The minimum absolute atomic E-state index is 0.0650. The first-order valence-electron chi connectivity index (χ1n) is 5.98. The molecule has 92 valence electrons. The van der Waals surface area contributed by atoms with Crippen LogP contribution < -0.4 is 10.6 Å². The zero-order valence-corrected chi connectivity index (χ0v) is 10.6. The Balaban J connectivity index is 2.25. The van der Waals surface area contributed by atoms with Crippen LogP contribution in [0.4, 0.5) is 11.4 Å². The van der Waals surface area contributed by atoms with E-state index in [-0.39, 0.29) is 11.9 Å². The molecule has 0 spiro atoms. The molecular weight excluding hydrogens is 214 g/mol. The summed E-state index contributed by atoms with van der Waals surface area (Å²) in [4.78, 5) is 13.9. The van der Waals surface area contributed by atoms with Gasteiger partial charge in [0.25, 0.3) is 5.91 Å². The fourth-order valence-corrected chi connectivity index (χ4v) is 1.81. The maximum atomic E-state index is 12.1. The number of hydrogen-bond acceptors (Lipinski definition) is 3. The smallest absolute Gasteiger partial charge is 0.253 e. The van der Waals surface area contributed by atoms with E-state index in [0.717, 1.165) is 30.0 Å². The van der Waals surface area contributed by atoms with Crippen LogP contribution in [0.5, 0.6) is 0 Å². The van der Waals surface area contributed by atoms with Gasteiger partial charge in [0.2, 0.25) is 0 Å². The second-order valence-corrected chi connectivity index (χ2v) is 4.62. The molecule has 1 aliphatic heterocycles. The minimum Gasteiger partial charge on any atom is -0.382 e. The number of fused-ring (bicyclic) bond motifs is 1. The molecule has 0 saturated heterocycles. The van der Waals surface area contributed by atoms with Crippen LogP contribution in [0.15, 0.2) is 18.2 Å². The van der Waals surface area contributed by atoms with Crippen LogP contribution >= 0.6 is 0 Å². The van der Waals surface area contributed by atoms with E-state index in [0.29, 0.717) is 0 Å². The normalized spacial score (nSPS) is 13.6. The third-order valence-corrected chi connectivity index (χ3v) is 3.12. The number of carbonyl (C=O) groups is 1. The molecule has 1 aromatic rings. The Bertz CT molecular complexity index is 429. The van der Waals surface area contributed by atoms with Gasteiger partial charge in [-0.25, -0.2) is 0 Å². The van der Waals surface area contributed by atoms with Crippen molar-refractivity contribution in [1.82, 2.24) is 4.90 Å². The Morgan fingerprint density at radius 2 is 1.88 bits per heavy atom. The van der Waals surface area contributed by atoms with Crippen molar-refractivity contribution in [3.05, 3.63) is 23.8 Å². The van der Waals surface area contributed by atoms with Gasteiger partial charge in [-0.3, -0.25) is 4.79 Å². The molecule has 1 aliphatic rings. The lowest BCUT2D eigenvalue weighted by Crippen LogP contribution is -2.33. The lowest BCUT2D eigenvalue weighted by atomic mass is 10.1. The number of benzene rings is 1. The van der Waals surface area contributed by atoms with Crippen LogP contribution in [0, 0.1) is 0 Å². The molecule has 0 bridgehead atoms. The molecule has 0 unspecified atom stereocenters. The number of amides is 1. The van der Waals surface area contributed by atoms with Crippen LogP contribution in [-0.2, 0) is 0 Å². The Kier molecular flexibility index (Phi) is 3.22. The average molecular weight is 233 g/mol. The van der Waals surface area contributed by atoms with Gasteiger partial charge in [-0.2, -0.15) is 0 Å². The van der Waals surface area contributed by atoms with Crippen LogP contribution in [0.3, 0.4) is 0 Å². The van der Waals surface area contributed by atoms with Gasteiger partial charge in [0.05, 0.1) is 11.4 Å². The van der Waals surface area contributed by atoms with Gasteiger partial charge < -0.3 is 15.5 Å². The molecule has 0 fully saturated rings. The molecule has 0 atom stereocenters. The van der Waals surface area contributed by atoms with E-state index >= 15 is 0 Å². The predicted molar refractivity (Wildman–Crippen MR) is 70.7 cm³/mol. The molecule has 1 amide bonds. The summed E-state index contributed by atoms with van der Waals surface area (Å²) in [5.74, 6) is 0.0650. The van der Waals surface area contributed by atoms with Crippen molar-refractivity contribution >= 4 is 17.3 Å². The molecule has 0 radical (unpaired) electrons. The number of nitrogens with one attached hydrogen (secondary N) is 2. The topological polar surface area (TPSA) is 44.4 Å². The molecule has 0 saturated carbocycles. The number of rotatable bonds is 2. The van der Waals surface area contributed by atoms with E-state index in [4.69, 9.17) is 0 Å². The second-order valence-electron chi connectivity index (χ2n) is 4.62. The molecule has 1 heterocycles. The molecular formula is C13H19N3O. The molecule has 17 heavy (non-hydrogen) atoms. The highest BCUT2D eigenvalue weighted by atomic mass is 16.2. The molecule has 2 rings (SSSR count). The lowest BCUT2D eigenvalue weighted by molar-refractivity contribution is 0.0755. The van der Waals surface area contributed by atoms with Crippen molar-refractivity contribution in [1.29, 1.82) is 0 Å². The van der Waals surface area contributed by atoms with E-state index in [1.54, 1.807) is 4.90 Å². The highest BCUT2D eigenvalue weighted by molar-refractivity contribution is 5.96. The van der Waals surface area contributed by atoms with Crippen LogP contribution in [0.25, 0.3) is 0 Å². The molecule has 0 aromatic heterocycles. The maximum Gasteiger partial charge on any atom is 0.253 e. The molecule has 2 N–H and O–H groups in total. The number of anilines is 2. The van der Waals surface area contributed by atoms with Crippen molar-refractivity contribution < 1.29 is 4.79 Å². The monoisotopic (exact) mass is 233 g/mol. The summed E-state index contributed by atoms with van der Waals surface area (Å²) in [6.45, 7) is 5.84. The highest BCUT2D eigenvalue weighted by Crippen LogP contribution is 2.25. The summed E-state index contributed by atoms with van der Waals surface area (Å²) in [6, 6.07) is 5.97. The Labute approximate surface area is 102 Å². The summed E-state index contributed by atoms with van der Waals surface area (Å²) < 4.78 is 0. The fourth-order valence-electron chi connectivity index (χ4n) is 1.81. The quantitative estimate of drug-likeness (QED) is 0.821. The van der Waals surface area contributed by atoms with E-state index in [2.05, 4.69) is 10.6 Å². The maximum absolute atomic E-state index is 12.1. The Morgan fingerprint density at radius 1 is 1.24 bits per heavy atom. The summed E-state index contributed by atoms with van der Waals surface area (Å²) in [5, 5.41) is 6.59. The summed E-state index contributed by atoms with van der Waals surface area (Å²) in [7, 11) is 1.83. The fraction of sp³-hybridized carbons (Fsp3) is 0.462. The average Bonchev–Trinajstić information content (AvgIpc) is 2.36. The van der Waals surface area contributed by atoms with Gasteiger partial charge in [0, 0.05) is 31.7 Å². The van der Waals surface area contributed by atoms with Gasteiger partial charge in [-0.1, -0.05) is 0 Å². The first-order chi connectivity index (χ1) is 8.09. The predicted octanol–water partition coefficient (Wildman–Crippen LogP) is 2.00. The van der Waals surface area contributed by atoms with Crippen molar-refractivity contribution in [3.8, 4) is 0 Å². The van der Waals surface area contributed by atoms with Crippen molar-refractivity contribution in [2.45, 2.75) is 19.9 Å². The van der Waals surface area contributed by atoms with Gasteiger partial charge in [-0.05, 0) is 32.0 Å². The first kappa shape index (κ1) is 11.8. The van der Waals surface area contributed by atoms with E-state index in [9.17, 15) is 4.79 Å². The van der Waals surface area contributed by atoms with E-state index < -0.39 is 0 Å². The van der Waals surface area contributed by atoms with Gasteiger partial charge in [0.1, 0.15) is 0 Å². The summed E-state index contributed by atoms with van der Waals surface area (Å²) in [6.07, 6.45) is 0. The van der Waals surface area contributed by atoms with Crippen LogP contribution in [0.2, 0.25) is 0 Å². The largest absolute Gasteiger partial charge is 0.382 e. The second kappa shape index (κ2) is 4.65.